The Hall–Kier alpha value is -2.18. The van der Waals surface area contributed by atoms with Gasteiger partial charge in [0.25, 0.3) is 0 Å². The molecule has 0 aliphatic carbocycles. The van der Waals surface area contributed by atoms with Crippen LogP contribution >= 0.6 is 0 Å². The predicted octanol–water partition coefficient (Wildman–Crippen LogP) is 2.94. The summed E-state index contributed by atoms with van der Waals surface area (Å²) in [5.41, 5.74) is 0.439. The van der Waals surface area contributed by atoms with Crippen molar-refractivity contribution in [2.75, 3.05) is 18.0 Å². The summed E-state index contributed by atoms with van der Waals surface area (Å²) in [4.78, 5) is 28.0. The van der Waals surface area contributed by atoms with Crippen LogP contribution in [-0.4, -0.2) is 34.6 Å². The second-order valence-electron chi connectivity index (χ2n) is 6.85. The fourth-order valence-corrected chi connectivity index (χ4v) is 2.69. The zero-order valence-electron chi connectivity index (χ0n) is 13.8. The van der Waals surface area contributed by atoms with Gasteiger partial charge in [-0.3, -0.25) is 4.79 Å². The van der Waals surface area contributed by atoms with Gasteiger partial charge in [-0.25, -0.2) is 0 Å². The van der Waals surface area contributed by atoms with Gasteiger partial charge in [0.05, 0.1) is 5.69 Å². The van der Waals surface area contributed by atoms with E-state index >= 15 is 0 Å². The molecule has 0 unspecified atom stereocenters. The summed E-state index contributed by atoms with van der Waals surface area (Å²) in [5.74, 6) is 0.0358. The van der Waals surface area contributed by atoms with Crippen molar-refractivity contribution in [2.45, 2.75) is 45.6 Å². The first kappa shape index (κ1) is 17.2. The molecule has 7 nitrogen and oxygen atoms in total. The molecular formula is C16H23N3O4. The van der Waals surface area contributed by atoms with E-state index in [0.29, 0.717) is 12.3 Å². The highest BCUT2D eigenvalue weighted by Gasteiger charge is 2.25. The lowest BCUT2D eigenvalue weighted by Crippen LogP contribution is -2.35. The molecule has 0 spiro atoms. The number of anilines is 1. The average Bonchev–Trinajstić information content (AvgIpc) is 2.46. The molecule has 0 saturated carbocycles. The molecule has 1 saturated heterocycles. The molecule has 7 heteroatoms. The third-order valence-electron chi connectivity index (χ3n) is 3.77. The lowest BCUT2D eigenvalue weighted by atomic mass is 9.93. The summed E-state index contributed by atoms with van der Waals surface area (Å²) in [6.45, 7) is 7.24. The molecule has 1 aromatic rings. The van der Waals surface area contributed by atoms with Crippen molar-refractivity contribution in [2.24, 2.45) is 5.92 Å². The minimum absolute atomic E-state index is 0.145. The molecule has 0 bridgehead atoms. The zero-order valence-corrected chi connectivity index (χ0v) is 13.8. The molecule has 1 fully saturated rings. The van der Waals surface area contributed by atoms with E-state index in [4.69, 9.17) is 4.74 Å². The van der Waals surface area contributed by atoms with Gasteiger partial charge in [0.2, 0.25) is 0 Å². The highest BCUT2D eigenvalue weighted by Crippen LogP contribution is 2.26. The summed E-state index contributed by atoms with van der Waals surface area (Å²) in [6.07, 6.45) is 3.78. The fourth-order valence-electron chi connectivity index (χ4n) is 2.69. The molecule has 2 rings (SSSR count). The van der Waals surface area contributed by atoms with Crippen molar-refractivity contribution in [1.29, 1.82) is 0 Å². The Balaban J connectivity index is 1.84. The number of ether oxygens (including phenoxy) is 1. The second kappa shape index (κ2) is 6.93. The highest BCUT2D eigenvalue weighted by atomic mass is 16.6. The topological polar surface area (TPSA) is 85.6 Å². The van der Waals surface area contributed by atoms with Crippen LogP contribution in [0.15, 0.2) is 18.3 Å². The van der Waals surface area contributed by atoms with Gasteiger partial charge in [0.15, 0.2) is 6.20 Å². The molecule has 1 aliphatic heterocycles. The standard InChI is InChI=1S/C16H23N3O4/c1-16(2,3)23-15(20)10-12-6-8-18(9-7-12)13-4-5-14(17-11-13)19(21)22/h4-5,11-12H,6-10H2,1-3H3. The third-order valence-corrected chi connectivity index (χ3v) is 3.77. The van der Waals surface area contributed by atoms with Gasteiger partial charge < -0.3 is 19.8 Å². The molecule has 0 N–H and O–H groups in total. The van der Waals surface area contributed by atoms with Crippen molar-refractivity contribution in [3.63, 3.8) is 0 Å². The van der Waals surface area contributed by atoms with Crippen LogP contribution in [-0.2, 0) is 9.53 Å². The molecule has 0 amide bonds. The van der Waals surface area contributed by atoms with Crippen molar-refractivity contribution >= 4 is 17.5 Å². The van der Waals surface area contributed by atoms with Crippen LogP contribution in [0.4, 0.5) is 11.5 Å². The molecule has 2 heterocycles. The van der Waals surface area contributed by atoms with Gasteiger partial charge in [-0.1, -0.05) is 0 Å². The highest BCUT2D eigenvalue weighted by molar-refractivity contribution is 5.70. The van der Waals surface area contributed by atoms with E-state index in [1.165, 1.54) is 12.3 Å². The molecule has 126 valence electrons. The second-order valence-corrected chi connectivity index (χ2v) is 6.85. The van der Waals surface area contributed by atoms with Crippen LogP contribution in [0.3, 0.4) is 0 Å². The number of hydrogen-bond donors (Lipinski definition) is 0. The molecule has 0 atom stereocenters. The van der Waals surface area contributed by atoms with Gasteiger partial charge in [-0.2, -0.15) is 0 Å². The Morgan fingerprint density at radius 1 is 1.39 bits per heavy atom. The van der Waals surface area contributed by atoms with E-state index in [1.807, 2.05) is 20.8 Å². The Labute approximate surface area is 135 Å². The van der Waals surface area contributed by atoms with Gasteiger partial charge in [-0.05, 0) is 55.5 Å². The number of hydrogen-bond acceptors (Lipinski definition) is 6. The summed E-state index contributed by atoms with van der Waals surface area (Å²) < 4.78 is 5.36. The number of aromatic nitrogens is 1. The lowest BCUT2D eigenvalue weighted by molar-refractivity contribution is -0.389. The number of nitro groups is 1. The Morgan fingerprint density at radius 2 is 2.04 bits per heavy atom. The maximum atomic E-state index is 11.9. The number of pyridine rings is 1. The van der Waals surface area contributed by atoms with E-state index in [2.05, 4.69) is 9.88 Å². The van der Waals surface area contributed by atoms with E-state index in [9.17, 15) is 14.9 Å². The molecule has 1 aromatic heterocycles. The first-order valence-electron chi connectivity index (χ1n) is 7.82. The monoisotopic (exact) mass is 321 g/mol. The van der Waals surface area contributed by atoms with Crippen molar-refractivity contribution in [1.82, 2.24) is 4.98 Å². The van der Waals surface area contributed by atoms with E-state index in [-0.39, 0.29) is 11.8 Å². The Morgan fingerprint density at radius 3 is 2.52 bits per heavy atom. The van der Waals surface area contributed by atoms with E-state index in [1.54, 1.807) is 6.07 Å². The molecule has 0 aromatic carbocycles. The maximum Gasteiger partial charge on any atom is 0.363 e. The zero-order chi connectivity index (χ0) is 17.0. The smallest absolute Gasteiger partial charge is 0.363 e. The minimum Gasteiger partial charge on any atom is -0.460 e. The third kappa shape index (κ3) is 5.19. The number of piperidine rings is 1. The summed E-state index contributed by atoms with van der Waals surface area (Å²) >= 11 is 0. The van der Waals surface area contributed by atoms with Crippen molar-refractivity contribution in [3.05, 3.63) is 28.4 Å². The molecular weight excluding hydrogens is 298 g/mol. The number of esters is 1. The minimum atomic E-state index is -0.503. The van der Waals surface area contributed by atoms with Gasteiger partial charge >= 0.3 is 11.8 Å². The summed E-state index contributed by atoms with van der Waals surface area (Å²) in [5, 5.41) is 10.6. The van der Waals surface area contributed by atoms with Gasteiger partial charge in [0.1, 0.15) is 5.60 Å². The Bertz CT molecular complexity index is 558. The number of rotatable bonds is 4. The van der Waals surface area contributed by atoms with Crippen LogP contribution in [0, 0.1) is 16.0 Å². The van der Waals surface area contributed by atoms with E-state index in [0.717, 1.165) is 31.6 Å². The molecule has 0 radical (unpaired) electrons. The summed E-state index contributed by atoms with van der Waals surface area (Å²) in [7, 11) is 0. The lowest BCUT2D eigenvalue weighted by Gasteiger charge is -2.33. The largest absolute Gasteiger partial charge is 0.460 e. The quantitative estimate of drug-likeness (QED) is 0.481. The van der Waals surface area contributed by atoms with Crippen molar-refractivity contribution in [3.8, 4) is 0 Å². The van der Waals surface area contributed by atoms with Crippen LogP contribution in [0.5, 0.6) is 0 Å². The average molecular weight is 321 g/mol. The SMILES string of the molecule is CC(C)(C)OC(=O)CC1CCN(c2ccc([N+](=O)[O-])nc2)CC1. The predicted molar refractivity (Wildman–Crippen MR) is 86.3 cm³/mol. The maximum absolute atomic E-state index is 11.9. The van der Waals surface area contributed by atoms with Crippen LogP contribution in [0.1, 0.15) is 40.0 Å². The van der Waals surface area contributed by atoms with Gasteiger partial charge in [-0.15, -0.1) is 0 Å². The molecule has 23 heavy (non-hydrogen) atoms. The normalized spacial score (nSPS) is 16.2. The van der Waals surface area contributed by atoms with Crippen LogP contribution in [0.25, 0.3) is 0 Å². The van der Waals surface area contributed by atoms with E-state index < -0.39 is 10.5 Å². The van der Waals surface area contributed by atoms with Gasteiger partial charge in [0, 0.05) is 25.6 Å². The summed E-state index contributed by atoms with van der Waals surface area (Å²) in [6, 6.07) is 3.14. The molecule has 1 aliphatic rings. The van der Waals surface area contributed by atoms with Crippen LogP contribution in [0.2, 0.25) is 0 Å². The number of carbonyl (C=O) groups is 1. The van der Waals surface area contributed by atoms with Crippen molar-refractivity contribution < 1.29 is 14.5 Å². The first-order valence-corrected chi connectivity index (χ1v) is 7.82. The Kier molecular flexibility index (Phi) is 5.18. The van der Waals surface area contributed by atoms with Crippen LogP contribution < -0.4 is 4.90 Å². The fraction of sp³-hybridized carbons (Fsp3) is 0.625. The number of nitrogens with zero attached hydrogens (tertiary/aromatic N) is 3. The number of carbonyl (C=O) groups excluding carboxylic acids is 1. The first-order chi connectivity index (χ1) is 10.7.